The molecule has 0 aromatic heterocycles. The third kappa shape index (κ3) is 1.41. The molecule has 2 heteroatoms. The number of alkyl halides is 1. The lowest BCUT2D eigenvalue weighted by Crippen LogP contribution is -2.21. The molecule has 1 saturated heterocycles. The van der Waals surface area contributed by atoms with Gasteiger partial charge in [0.2, 0.25) is 0 Å². The van der Waals surface area contributed by atoms with E-state index in [0.29, 0.717) is 18.4 Å². The summed E-state index contributed by atoms with van der Waals surface area (Å²) in [5.74, 6) is 1.04. The molecule has 2 atom stereocenters. The number of halogens is 1. The van der Waals surface area contributed by atoms with Crippen LogP contribution in [0.4, 0.5) is 4.39 Å². The molecule has 2 rings (SSSR count). The second-order valence-corrected chi connectivity index (χ2v) is 3.88. The van der Waals surface area contributed by atoms with Crippen molar-refractivity contribution in [2.75, 3.05) is 13.1 Å². The van der Waals surface area contributed by atoms with Gasteiger partial charge in [0.25, 0.3) is 0 Å². The van der Waals surface area contributed by atoms with Gasteiger partial charge in [0, 0.05) is 19.0 Å². The van der Waals surface area contributed by atoms with Crippen LogP contribution in [0.3, 0.4) is 0 Å². The van der Waals surface area contributed by atoms with Crippen molar-refractivity contribution >= 4 is 0 Å². The first kappa shape index (κ1) is 7.53. The van der Waals surface area contributed by atoms with Crippen LogP contribution in [0.15, 0.2) is 0 Å². The Labute approximate surface area is 67.4 Å². The van der Waals surface area contributed by atoms with Crippen LogP contribution in [-0.4, -0.2) is 19.3 Å². The molecule has 0 bridgehead atoms. The Hall–Kier alpha value is -0.110. The maximum Gasteiger partial charge on any atom is 0.117 e. The molecule has 2 fully saturated rings. The largest absolute Gasteiger partial charge is 0.313 e. The lowest BCUT2D eigenvalue weighted by atomic mass is 9.89. The molecule has 1 N–H and O–H groups in total. The van der Waals surface area contributed by atoms with Crippen molar-refractivity contribution in [3.63, 3.8) is 0 Å². The lowest BCUT2D eigenvalue weighted by Gasteiger charge is -2.18. The Bertz CT molecular complexity index is 132. The summed E-state index contributed by atoms with van der Waals surface area (Å²) >= 11 is 0. The van der Waals surface area contributed by atoms with Crippen molar-refractivity contribution in [2.45, 2.75) is 31.9 Å². The molecule has 1 aliphatic heterocycles. The third-order valence-corrected chi connectivity index (χ3v) is 3.19. The van der Waals surface area contributed by atoms with E-state index in [-0.39, 0.29) is 0 Å². The summed E-state index contributed by atoms with van der Waals surface area (Å²) in [6, 6.07) is 0. The molecule has 0 aromatic rings. The van der Waals surface area contributed by atoms with E-state index in [0.717, 1.165) is 6.54 Å². The van der Waals surface area contributed by atoms with Crippen molar-refractivity contribution in [3.05, 3.63) is 0 Å². The van der Waals surface area contributed by atoms with E-state index < -0.39 is 6.17 Å². The highest BCUT2D eigenvalue weighted by molar-refractivity contribution is 4.87. The molecule has 1 saturated carbocycles. The smallest absolute Gasteiger partial charge is 0.117 e. The first-order valence-electron chi connectivity index (χ1n) is 4.72. The summed E-state index contributed by atoms with van der Waals surface area (Å²) in [6.45, 7) is 1.52. The van der Waals surface area contributed by atoms with Crippen LogP contribution in [0.1, 0.15) is 25.7 Å². The fourth-order valence-electron chi connectivity index (χ4n) is 2.51. The van der Waals surface area contributed by atoms with E-state index in [1.165, 1.54) is 25.7 Å². The van der Waals surface area contributed by atoms with Crippen LogP contribution in [0, 0.1) is 11.8 Å². The summed E-state index contributed by atoms with van der Waals surface area (Å²) in [5, 5.41) is 3.12. The molecule has 2 aliphatic rings. The van der Waals surface area contributed by atoms with E-state index in [1.54, 1.807) is 0 Å². The SMILES string of the molecule is F[C@H]1CNC[C@H]1C1CCCC1. The average Bonchev–Trinajstić information content (AvgIpc) is 2.55. The van der Waals surface area contributed by atoms with E-state index in [1.807, 2.05) is 0 Å². The van der Waals surface area contributed by atoms with Crippen LogP contribution in [0.25, 0.3) is 0 Å². The second kappa shape index (κ2) is 3.10. The van der Waals surface area contributed by atoms with Crippen LogP contribution in [-0.2, 0) is 0 Å². The highest BCUT2D eigenvalue weighted by Gasteiger charge is 2.34. The average molecular weight is 157 g/mol. The molecule has 64 valence electrons. The Morgan fingerprint density at radius 1 is 1.09 bits per heavy atom. The topological polar surface area (TPSA) is 12.0 Å². The number of rotatable bonds is 1. The number of hydrogen-bond donors (Lipinski definition) is 1. The van der Waals surface area contributed by atoms with Gasteiger partial charge in [-0.1, -0.05) is 25.7 Å². The Morgan fingerprint density at radius 3 is 2.36 bits per heavy atom. The molecule has 1 nitrogen and oxygen atoms in total. The Kier molecular flexibility index (Phi) is 2.12. The normalized spacial score (nSPS) is 40.1. The van der Waals surface area contributed by atoms with Gasteiger partial charge in [0.05, 0.1) is 0 Å². The predicted molar refractivity (Wildman–Crippen MR) is 43.2 cm³/mol. The minimum absolute atomic E-state index is 0.345. The van der Waals surface area contributed by atoms with Crippen molar-refractivity contribution in [1.82, 2.24) is 5.32 Å². The van der Waals surface area contributed by atoms with Crippen LogP contribution in [0.2, 0.25) is 0 Å². The van der Waals surface area contributed by atoms with Crippen LogP contribution >= 0.6 is 0 Å². The quantitative estimate of drug-likeness (QED) is 0.611. The zero-order valence-electron chi connectivity index (χ0n) is 6.85. The maximum atomic E-state index is 13.2. The zero-order chi connectivity index (χ0) is 7.68. The van der Waals surface area contributed by atoms with Gasteiger partial charge in [0.1, 0.15) is 6.17 Å². The Balaban J connectivity index is 1.92. The highest BCUT2D eigenvalue weighted by Crippen LogP contribution is 2.35. The predicted octanol–water partition coefficient (Wildman–Crippen LogP) is 1.73. The third-order valence-electron chi connectivity index (χ3n) is 3.19. The highest BCUT2D eigenvalue weighted by atomic mass is 19.1. The van der Waals surface area contributed by atoms with Gasteiger partial charge >= 0.3 is 0 Å². The fraction of sp³-hybridized carbons (Fsp3) is 1.00. The Morgan fingerprint density at radius 2 is 1.82 bits per heavy atom. The molecular weight excluding hydrogens is 141 g/mol. The fourth-order valence-corrected chi connectivity index (χ4v) is 2.51. The first-order chi connectivity index (χ1) is 5.38. The van der Waals surface area contributed by atoms with Gasteiger partial charge in [-0.2, -0.15) is 0 Å². The van der Waals surface area contributed by atoms with E-state index in [2.05, 4.69) is 5.32 Å². The van der Waals surface area contributed by atoms with Gasteiger partial charge in [-0.15, -0.1) is 0 Å². The molecule has 0 radical (unpaired) electrons. The molecule has 1 heterocycles. The summed E-state index contributed by atoms with van der Waals surface area (Å²) in [7, 11) is 0. The van der Waals surface area contributed by atoms with Crippen LogP contribution < -0.4 is 5.32 Å². The van der Waals surface area contributed by atoms with Gasteiger partial charge in [-0.3, -0.25) is 0 Å². The standard InChI is InChI=1S/C9H16FN/c10-9-6-11-5-8(9)7-3-1-2-4-7/h7-9,11H,1-6H2/t8-,9-/m0/s1. The number of nitrogens with one attached hydrogen (secondary N) is 1. The summed E-state index contributed by atoms with van der Waals surface area (Å²) in [6.07, 6.45) is 4.64. The van der Waals surface area contributed by atoms with Gasteiger partial charge in [-0.05, 0) is 5.92 Å². The lowest BCUT2D eigenvalue weighted by molar-refractivity contribution is 0.216. The van der Waals surface area contributed by atoms with E-state index in [9.17, 15) is 4.39 Å². The molecule has 0 spiro atoms. The van der Waals surface area contributed by atoms with E-state index >= 15 is 0 Å². The zero-order valence-corrected chi connectivity index (χ0v) is 6.85. The summed E-state index contributed by atoms with van der Waals surface area (Å²) in [5.41, 5.74) is 0. The minimum atomic E-state index is -0.557. The van der Waals surface area contributed by atoms with Crippen LogP contribution in [0.5, 0.6) is 0 Å². The minimum Gasteiger partial charge on any atom is -0.313 e. The molecule has 11 heavy (non-hydrogen) atoms. The van der Waals surface area contributed by atoms with Gasteiger partial charge in [0.15, 0.2) is 0 Å². The number of hydrogen-bond acceptors (Lipinski definition) is 1. The molecular formula is C9H16FN. The van der Waals surface area contributed by atoms with Crippen molar-refractivity contribution in [3.8, 4) is 0 Å². The van der Waals surface area contributed by atoms with Crippen molar-refractivity contribution in [1.29, 1.82) is 0 Å². The second-order valence-electron chi connectivity index (χ2n) is 3.88. The maximum absolute atomic E-state index is 13.2. The first-order valence-corrected chi connectivity index (χ1v) is 4.72. The molecule has 1 aliphatic carbocycles. The monoisotopic (exact) mass is 157 g/mol. The molecule has 0 amide bonds. The van der Waals surface area contributed by atoms with Gasteiger partial charge in [-0.25, -0.2) is 4.39 Å². The molecule has 0 aromatic carbocycles. The summed E-state index contributed by atoms with van der Waals surface area (Å²) in [4.78, 5) is 0. The van der Waals surface area contributed by atoms with E-state index in [4.69, 9.17) is 0 Å². The summed E-state index contributed by atoms with van der Waals surface area (Å²) < 4.78 is 13.2. The van der Waals surface area contributed by atoms with Gasteiger partial charge < -0.3 is 5.32 Å². The van der Waals surface area contributed by atoms with Crippen molar-refractivity contribution in [2.24, 2.45) is 11.8 Å². The molecule has 0 unspecified atom stereocenters. The van der Waals surface area contributed by atoms with Crippen molar-refractivity contribution < 1.29 is 4.39 Å².